The minimum Gasteiger partial charge on any atom is -0.493 e. The lowest BCUT2D eigenvalue weighted by atomic mass is 9.94. The quantitative estimate of drug-likeness (QED) is 0.654. The molecule has 2 N–H and O–H groups in total. The Balaban J connectivity index is 2.02. The number of hydrogen-bond donors (Lipinski definition) is 2. The zero-order chi connectivity index (χ0) is 22.5. The van der Waals surface area contributed by atoms with Gasteiger partial charge in [0.25, 0.3) is 0 Å². The van der Waals surface area contributed by atoms with Crippen LogP contribution in [-0.2, 0) is 16.0 Å². The number of nitrogens with one attached hydrogen (secondary N) is 2. The molecule has 1 aromatic heterocycles. The second kappa shape index (κ2) is 9.72. The molecular weight excluding hydrogens is 400 g/mol. The van der Waals surface area contributed by atoms with E-state index in [2.05, 4.69) is 15.3 Å². The van der Waals surface area contributed by atoms with Crippen molar-refractivity contribution < 1.29 is 23.8 Å². The highest BCUT2D eigenvalue weighted by atomic mass is 16.5. The molecule has 9 heteroatoms. The number of H-pyrrole nitrogens is 1. The van der Waals surface area contributed by atoms with E-state index in [1.54, 1.807) is 31.5 Å². The van der Waals surface area contributed by atoms with Crippen molar-refractivity contribution in [3.05, 3.63) is 41.5 Å². The van der Waals surface area contributed by atoms with Gasteiger partial charge in [0.2, 0.25) is 0 Å². The van der Waals surface area contributed by atoms with E-state index >= 15 is 0 Å². The third-order valence-electron chi connectivity index (χ3n) is 5.86. The average Bonchev–Trinajstić information content (AvgIpc) is 3.29. The predicted octanol–water partition coefficient (Wildman–Crippen LogP) is 2.67. The Kier molecular flexibility index (Phi) is 7.04. The molecule has 0 spiro atoms. The smallest absolute Gasteiger partial charge is 0.328 e. The van der Waals surface area contributed by atoms with Gasteiger partial charge in [-0.1, -0.05) is 32.4 Å². The summed E-state index contributed by atoms with van der Waals surface area (Å²) in [4.78, 5) is 35.1. The molecule has 1 aromatic carbocycles. The van der Waals surface area contributed by atoms with Crippen LogP contribution in [0, 0.1) is 5.92 Å². The molecule has 3 atom stereocenters. The fourth-order valence-corrected chi connectivity index (χ4v) is 3.95. The number of aromatic nitrogens is 2. The van der Waals surface area contributed by atoms with Crippen LogP contribution in [0.25, 0.3) is 0 Å². The number of urea groups is 1. The predicted molar refractivity (Wildman–Crippen MR) is 114 cm³/mol. The number of fused-ring (bicyclic) bond motifs is 1. The number of ether oxygens (including phenoxy) is 3. The molecule has 1 aliphatic heterocycles. The summed E-state index contributed by atoms with van der Waals surface area (Å²) in [6.07, 6.45) is 2.97. The molecular formula is C22H30N4O5. The van der Waals surface area contributed by atoms with E-state index in [9.17, 15) is 9.59 Å². The van der Waals surface area contributed by atoms with E-state index in [1.807, 2.05) is 26.0 Å². The second-order valence-electron chi connectivity index (χ2n) is 7.53. The number of para-hydroxylation sites is 1. The van der Waals surface area contributed by atoms with Crippen LogP contribution >= 0.6 is 0 Å². The number of amides is 2. The third kappa shape index (κ3) is 4.30. The molecule has 0 aliphatic carbocycles. The summed E-state index contributed by atoms with van der Waals surface area (Å²) < 4.78 is 16.0. The zero-order valence-electron chi connectivity index (χ0n) is 18.6. The molecule has 1 aliphatic rings. The van der Waals surface area contributed by atoms with Crippen molar-refractivity contribution in [2.24, 2.45) is 5.92 Å². The zero-order valence-corrected chi connectivity index (χ0v) is 18.6. The number of rotatable bonds is 7. The molecule has 0 saturated carbocycles. The van der Waals surface area contributed by atoms with Crippen LogP contribution in [0.4, 0.5) is 4.79 Å². The minimum atomic E-state index is -0.740. The van der Waals surface area contributed by atoms with Gasteiger partial charge in [-0.25, -0.2) is 14.6 Å². The first-order valence-electron chi connectivity index (χ1n) is 10.3. The van der Waals surface area contributed by atoms with E-state index in [-0.39, 0.29) is 11.9 Å². The highest BCUT2D eigenvalue weighted by Gasteiger charge is 2.38. The van der Waals surface area contributed by atoms with Crippen LogP contribution < -0.4 is 14.8 Å². The number of benzene rings is 1. The number of carbonyl (C=O) groups is 2. The largest absolute Gasteiger partial charge is 0.493 e. The van der Waals surface area contributed by atoms with Gasteiger partial charge in [0.15, 0.2) is 11.5 Å². The molecule has 9 nitrogen and oxygen atoms in total. The highest BCUT2D eigenvalue weighted by molar-refractivity contribution is 5.84. The average molecular weight is 431 g/mol. The standard InChI is InChI=1S/C22H30N4O5/c1-6-13(2)17(21(27)31-5)25-22(28)26-11-10-15-18(24-12-23-15)19(26)14-8-7-9-16(29-3)20(14)30-4/h7-9,12-13,17,19H,6,10-11H2,1-5H3,(H,23,24)(H,25,28)/t13-,17+,19+/m1/s1. The molecule has 31 heavy (non-hydrogen) atoms. The van der Waals surface area contributed by atoms with Crippen molar-refractivity contribution in [1.29, 1.82) is 0 Å². The lowest BCUT2D eigenvalue weighted by Gasteiger charge is -2.37. The van der Waals surface area contributed by atoms with Gasteiger partial charge in [0, 0.05) is 24.2 Å². The SMILES string of the molecule is CC[C@@H](C)[C@H](NC(=O)N1CCc2[nH]cnc2[C@@H]1c1cccc(OC)c1OC)C(=O)OC. The maximum absolute atomic E-state index is 13.4. The summed E-state index contributed by atoms with van der Waals surface area (Å²) in [5.74, 6) is 0.563. The molecule has 2 aromatic rings. The van der Waals surface area contributed by atoms with Crippen LogP contribution in [0.5, 0.6) is 11.5 Å². The summed E-state index contributed by atoms with van der Waals surface area (Å²) >= 11 is 0. The summed E-state index contributed by atoms with van der Waals surface area (Å²) in [5.41, 5.74) is 2.46. The Hall–Kier alpha value is -3.23. The van der Waals surface area contributed by atoms with Crippen molar-refractivity contribution in [1.82, 2.24) is 20.2 Å². The third-order valence-corrected chi connectivity index (χ3v) is 5.86. The normalized spacial score (nSPS) is 17.3. The lowest BCUT2D eigenvalue weighted by Crippen LogP contribution is -2.53. The van der Waals surface area contributed by atoms with E-state index in [1.165, 1.54) is 7.11 Å². The number of esters is 1. The fraction of sp³-hybridized carbons (Fsp3) is 0.500. The van der Waals surface area contributed by atoms with Crippen LogP contribution in [0.1, 0.15) is 43.3 Å². The number of carbonyl (C=O) groups excluding carboxylic acids is 2. The van der Waals surface area contributed by atoms with Crippen LogP contribution in [-0.4, -0.2) is 60.8 Å². The molecule has 0 unspecified atom stereocenters. The van der Waals surface area contributed by atoms with E-state index in [0.29, 0.717) is 24.5 Å². The van der Waals surface area contributed by atoms with E-state index < -0.39 is 18.1 Å². The maximum Gasteiger partial charge on any atom is 0.328 e. The van der Waals surface area contributed by atoms with Crippen molar-refractivity contribution in [2.75, 3.05) is 27.9 Å². The van der Waals surface area contributed by atoms with Gasteiger partial charge in [-0.15, -0.1) is 0 Å². The summed E-state index contributed by atoms with van der Waals surface area (Å²) in [6.45, 7) is 4.32. The monoisotopic (exact) mass is 430 g/mol. The number of imidazole rings is 1. The minimum absolute atomic E-state index is 0.0769. The first-order valence-corrected chi connectivity index (χ1v) is 10.3. The number of hydrogen-bond acceptors (Lipinski definition) is 6. The van der Waals surface area contributed by atoms with Crippen molar-refractivity contribution in [3.8, 4) is 11.5 Å². The Morgan fingerprint density at radius 2 is 2.06 bits per heavy atom. The highest BCUT2D eigenvalue weighted by Crippen LogP contribution is 2.42. The fourth-order valence-electron chi connectivity index (χ4n) is 3.95. The number of aromatic amines is 1. The molecule has 2 heterocycles. The first-order chi connectivity index (χ1) is 15.0. The molecule has 0 radical (unpaired) electrons. The number of methoxy groups -OCH3 is 3. The van der Waals surface area contributed by atoms with Gasteiger partial charge in [-0.05, 0) is 12.0 Å². The molecule has 0 fully saturated rings. The van der Waals surface area contributed by atoms with Gasteiger partial charge >= 0.3 is 12.0 Å². The second-order valence-corrected chi connectivity index (χ2v) is 7.53. The Labute approximate surface area is 182 Å². The van der Waals surface area contributed by atoms with Crippen LogP contribution in [0.2, 0.25) is 0 Å². The molecule has 168 valence electrons. The van der Waals surface area contributed by atoms with Gasteiger partial charge in [-0.2, -0.15) is 0 Å². The van der Waals surface area contributed by atoms with Gasteiger partial charge in [0.05, 0.1) is 33.4 Å². The van der Waals surface area contributed by atoms with Crippen LogP contribution in [0.15, 0.2) is 24.5 Å². The summed E-state index contributed by atoms with van der Waals surface area (Å²) in [5, 5.41) is 2.88. The van der Waals surface area contributed by atoms with Gasteiger partial charge < -0.3 is 29.4 Å². The topological polar surface area (TPSA) is 106 Å². The van der Waals surface area contributed by atoms with Crippen molar-refractivity contribution in [2.45, 2.75) is 38.8 Å². The van der Waals surface area contributed by atoms with E-state index in [4.69, 9.17) is 14.2 Å². The molecule has 0 saturated heterocycles. The summed E-state index contributed by atoms with van der Waals surface area (Å²) in [6, 6.07) is 3.94. The Morgan fingerprint density at radius 1 is 1.29 bits per heavy atom. The Morgan fingerprint density at radius 3 is 2.71 bits per heavy atom. The van der Waals surface area contributed by atoms with Crippen LogP contribution in [0.3, 0.4) is 0 Å². The van der Waals surface area contributed by atoms with E-state index in [0.717, 1.165) is 23.4 Å². The number of nitrogens with zero attached hydrogens (tertiary/aromatic N) is 2. The maximum atomic E-state index is 13.4. The molecule has 0 bridgehead atoms. The lowest BCUT2D eigenvalue weighted by molar-refractivity contribution is -0.144. The van der Waals surface area contributed by atoms with Gasteiger partial charge in [-0.3, -0.25) is 0 Å². The summed E-state index contributed by atoms with van der Waals surface area (Å²) in [7, 11) is 4.46. The molecule has 2 amide bonds. The van der Waals surface area contributed by atoms with Gasteiger partial charge in [0.1, 0.15) is 12.1 Å². The van der Waals surface area contributed by atoms with Crippen molar-refractivity contribution >= 4 is 12.0 Å². The first kappa shape index (κ1) is 22.5. The molecule has 3 rings (SSSR count). The Bertz CT molecular complexity index is 928. The van der Waals surface area contributed by atoms with Crippen molar-refractivity contribution in [3.63, 3.8) is 0 Å².